The quantitative estimate of drug-likeness (QED) is 0.642. The second-order valence-corrected chi connectivity index (χ2v) is 4.05. The predicted octanol–water partition coefficient (Wildman–Crippen LogP) is 2.42. The van der Waals surface area contributed by atoms with Crippen LogP contribution in [-0.4, -0.2) is 10.2 Å². The lowest BCUT2D eigenvalue weighted by Gasteiger charge is -2.11. The number of hydrogen-bond acceptors (Lipinski definition) is 3. The molecule has 1 aliphatic rings. The smallest absolute Gasteiger partial charge is 0.116 e. The van der Waals surface area contributed by atoms with Crippen molar-refractivity contribution in [1.82, 2.24) is 10.2 Å². The summed E-state index contributed by atoms with van der Waals surface area (Å²) >= 11 is 4.21. The summed E-state index contributed by atoms with van der Waals surface area (Å²) < 4.78 is 0. The van der Waals surface area contributed by atoms with Crippen LogP contribution in [-0.2, 0) is 12.8 Å². The maximum atomic E-state index is 4.21. The van der Waals surface area contributed by atoms with Crippen LogP contribution in [0, 0.1) is 0 Å². The summed E-state index contributed by atoms with van der Waals surface area (Å²) in [5, 5.41) is 8.92. The number of aromatic nitrogens is 2. The molecule has 0 aromatic carbocycles. The van der Waals surface area contributed by atoms with Crippen molar-refractivity contribution in [3.63, 3.8) is 0 Å². The van der Waals surface area contributed by atoms with E-state index in [2.05, 4.69) is 28.9 Å². The molecule has 3 heteroatoms. The zero-order valence-corrected chi connectivity index (χ0v) is 8.56. The van der Waals surface area contributed by atoms with E-state index in [0.29, 0.717) is 0 Å². The minimum atomic E-state index is 0.749. The van der Waals surface area contributed by atoms with Gasteiger partial charge < -0.3 is 0 Å². The number of thiol groups is 1. The topological polar surface area (TPSA) is 25.8 Å². The number of hydrogen-bond donors (Lipinski definition) is 1. The molecule has 2 nitrogen and oxygen atoms in total. The SMILES string of the molecule is Sc1cc2c(nn1)CCCCCC2. The normalized spacial score (nSPS) is 17.3. The van der Waals surface area contributed by atoms with Gasteiger partial charge in [-0.3, -0.25) is 0 Å². The van der Waals surface area contributed by atoms with Gasteiger partial charge in [-0.15, -0.1) is 17.7 Å². The van der Waals surface area contributed by atoms with Gasteiger partial charge in [0, 0.05) is 0 Å². The molecular formula is C10H14N2S. The van der Waals surface area contributed by atoms with Gasteiger partial charge in [-0.05, 0) is 37.3 Å². The summed E-state index contributed by atoms with van der Waals surface area (Å²) in [6.07, 6.45) is 7.47. The predicted molar refractivity (Wildman–Crippen MR) is 55.2 cm³/mol. The van der Waals surface area contributed by atoms with E-state index in [4.69, 9.17) is 0 Å². The molecule has 0 fully saturated rings. The molecule has 0 unspecified atom stereocenters. The van der Waals surface area contributed by atoms with Gasteiger partial charge in [0.05, 0.1) is 5.69 Å². The Morgan fingerprint density at radius 1 is 1.00 bits per heavy atom. The second kappa shape index (κ2) is 4.09. The molecule has 1 aliphatic carbocycles. The van der Waals surface area contributed by atoms with Gasteiger partial charge in [0.1, 0.15) is 5.03 Å². The summed E-state index contributed by atoms with van der Waals surface area (Å²) in [7, 11) is 0. The lowest BCUT2D eigenvalue weighted by molar-refractivity contribution is 0.599. The number of aryl methyl sites for hydroxylation is 2. The molecule has 0 radical (unpaired) electrons. The molecule has 1 aromatic heterocycles. The van der Waals surface area contributed by atoms with Crippen molar-refractivity contribution in [2.75, 3.05) is 0 Å². The van der Waals surface area contributed by atoms with Crippen molar-refractivity contribution in [1.29, 1.82) is 0 Å². The summed E-state index contributed by atoms with van der Waals surface area (Å²) in [5.41, 5.74) is 2.55. The third-order valence-electron chi connectivity index (χ3n) is 2.56. The van der Waals surface area contributed by atoms with Crippen LogP contribution in [0.3, 0.4) is 0 Å². The molecule has 1 heterocycles. The van der Waals surface area contributed by atoms with Crippen LogP contribution in [0.5, 0.6) is 0 Å². The van der Waals surface area contributed by atoms with Gasteiger partial charge in [-0.1, -0.05) is 12.8 Å². The van der Waals surface area contributed by atoms with Gasteiger partial charge in [-0.25, -0.2) is 0 Å². The lowest BCUT2D eigenvalue weighted by Crippen LogP contribution is -2.04. The van der Waals surface area contributed by atoms with Crippen molar-refractivity contribution >= 4 is 12.6 Å². The highest BCUT2D eigenvalue weighted by molar-refractivity contribution is 7.80. The fraction of sp³-hybridized carbons (Fsp3) is 0.600. The van der Waals surface area contributed by atoms with Crippen LogP contribution in [0.2, 0.25) is 0 Å². The molecule has 0 atom stereocenters. The maximum Gasteiger partial charge on any atom is 0.116 e. The third-order valence-corrected chi connectivity index (χ3v) is 2.78. The van der Waals surface area contributed by atoms with E-state index in [9.17, 15) is 0 Å². The maximum absolute atomic E-state index is 4.21. The number of fused-ring (bicyclic) bond motifs is 1. The molecular weight excluding hydrogens is 180 g/mol. The van der Waals surface area contributed by atoms with Crippen LogP contribution in [0.4, 0.5) is 0 Å². The first-order valence-corrected chi connectivity index (χ1v) is 5.35. The first-order chi connectivity index (χ1) is 6.36. The molecule has 0 spiro atoms. The molecule has 0 N–H and O–H groups in total. The Morgan fingerprint density at radius 3 is 2.62 bits per heavy atom. The number of rotatable bonds is 0. The van der Waals surface area contributed by atoms with E-state index >= 15 is 0 Å². The van der Waals surface area contributed by atoms with Gasteiger partial charge in [0.2, 0.25) is 0 Å². The van der Waals surface area contributed by atoms with Crippen LogP contribution < -0.4 is 0 Å². The standard InChI is InChI=1S/C10H14N2S/c13-10-7-8-5-3-1-2-4-6-9(8)11-12-10/h7H,1-6H2,(H,12,13). The van der Waals surface area contributed by atoms with Crippen molar-refractivity contribution in [2.24, 2.45) is 0 Å². The summed E-state index contributed by atoms with van der Waals surface area (Å²) in [6.45, 7) is 0. The van der Waals surface area contributed by atoms with E-state index in [1.165, 1.54) is 36.9 Å². The molecule has 70 valence electrons. The Bertz CT molecular complexity index is 299. The Balaban J connectivity index is 2.28. The highest BCUT2D eigenvalue weighted by atomic mass is 32.1. The first-order valence-electron chi connectivity index (χ1n) is 4.91. The summed E-state index contributed by atoms with van der Waals surface area (Å²) in [6, 6.07) is 2.07. The van der Waals surface area contributed by atoms with Crippen molar-refractivity contribution < 1.29 is 0 Å². The van der Waals surface area contributed by atoms with E-state index in [1.54, 1.807) is 0 Å². The molecule has 1 aromatic rings. The average Bonchev–Trinajstić information content (AvgIpc) is 2.08. The van der Waals surface area contributed by atoms with Gasteiger partial charge in [-0.2, -0.15) is 5.10 Å². The van der Waals surface area contributed by atoms with Crippen molar-refractivity contribution in [3.05, 3.63) is 17.3 Å². The zero-order chi connectivity index (χ0) is 9.10. The van der Waals surface area contributed by atoms with E-state index < -0.39 is 0 Å². The Hall–Kier alpha value is -0.570. The monoisotopic (exact) mass is 194 g/mol. The van der Waals surface area contributed by atoms with Crippen LogP contribution in [0.25, 0.3) is 0 Å². The fourth-order valence-corrected chi connectivity index (χ4v) is 2.03. The molecule has 0 bridgehead atoms. The van der Waals surface area contributed by atoms with E-state index in [-0.39, 0.29) is 0 Å². The lowest BCUT2D eigenvalue weighted by atomic mass is 9.98. The zero-order valence-electron chi connectivity index (χ0n) is 7.66. The van der Waals surface area contributed by atoms with Crippen LogP contribution in [0.15, 0.2) is 11.1 Å². The van der Waals surface area contributed by atoms with Crippen LogP contribution in [0.1, 0.15) is 36.9 Å². The van der Waals surface area contributed by atoms with Gasteiger partial charge >= 0.3 is 0 Å². The minimum Gasteiger partial charge on any atom is -0.154 e. The second-order valence-electron chi connectivity index (χ2n) is 3.59. The highest BCUT2D eigenvalue weighted by Crippen LogP contribution is 2.19. The fourth-order valence-electron chi connectivity index (χ4n) is 1.83. The third kappa shape index (κ3) is 2.21. The molecule has 0 aliphatic heterocycles. The molecule has 2 rings (SSSR count). The highest BCUT2D eigenvalue weighted by Gasteiger charge is 2.08. The summed E-state index contributed by atoms with van der Waals surface area (Å²) in [5.74, 6) is 0. The minimum absolute atomic E-state index is 0.749. The van der Waals surface area contributed by atoms with E-state index in [0.717, 1.165) is 17.9 Å². The average molecular weight is 194 g/mol. The molecule has 13 heavy (non-hydrogen) atoms. The van der Waals surface area contributed by atoms with Crippen LogP contribution >= 0.6 is 12.6 Å². The Kier molecular flexibility index (Phi) is 2.83. The molecule has 0 amide bonds. The largest absolute Gasteiger partial charge is 0.154 e. The molecule has 0 saturated heterocycles. The number of nitrogens with zero attached hydrogens (tertiary/aromatic N) is 2. The first kappa shape index (κ1) is 9.00. The summed E-state index contributed by atoms with van der Waals surface area (Å²) in [4.78, 5) is 0. The van der Waals surface area contributed by atoms with Gasteiger partial charge in [0.25, 0.3) is 0 Å². The Morgan fingerprint density at radius 2 is 1.77 bits per heavy atom. The van der Waals surface area contributed by atoms with Gasteiger partial charge in [0.15, 0.2) is 0 Å². The Labute approximate surface area is 84.2 Å². The van der Waals surface area contributed by atoms with E-state index in [1.807, 2.05) is 0 Å². The molecule has 0 saturated carbocycles. The van der Waals surface area contributed by atoms with Crippen molar-refractivity contribution in [2.45, 2.75) is 43.6 Å². The van der Waals surface area contributed by atoms with Crippen molar-refractivity contribution in [3.8, 4) is 0 Å².